The van der Waals surface area contributed by atoms with E-state index in [1.54, 1.807) is 42.8 Å². The van der Waals surface area contributed by atoms with Crippen LogP contribution in [0.5, 0.6) is 0 Å². The van der Waals surface area contributed by atoms with Crippen molar-refractivity contribution in [1.82, 2.24) is 0 Å². The molecule has 0 unspecified atom stereocenters. The quantitative estimate of drug-likeness (QED) is 0.410. The van der Waals surface area contributed by atoms with Crippen molar-refractivity contribution < 1.29 is 0 Å². The Hall–Kier alpha value is 0.369. The van der Waals surface area contributed by atoms with Crippen LogP contribution in [-0.4, -0.2) is 22.5 Å². The molecule has 0 saturated carbocycles. The second-order valence-corrected chi connectivity index (χ2v) is 7.74. The van der Waals surface area contributed by atoms with Gasteiger partial charge in [-0.2, -0.15) is 0 Å². The monoisotopic (exact) mass is 411 g/mol. The molecule has 0 bridgehead atoms. The van der Waals surface area contributed by atoms with Gasteiger partial charge in [0.1, 0.15) is 0 Å². The minimum atomic E-state index is 0.896. The van der Waals surface area contributed by atoms with Crippen molar-refractivity contribution in [2.24, 2.45) is 0 Å². The molecule has 0 aliphatic carbocycles. The number of aryl methyl sites for hydroxylation is 1. The molecule has 0 saturated heterocycles. The molecule has 3 radical (unpaired) electrons. The molecule has 0 spiro atoms. The van der Waals surface area contributed by atoms with Crippen LogP contribution in [0.4, 0.5) is 0 Å². The Balaban J connectivity index is 3.23. The predicted molar refractivity (Wildman–Crippen MR) is 100 cm³/mol. The molecule has 1 aromatic rings. The SMILES string of the molecule is CCCCc1cc(CS)[c]([Sn])c(CCCC)c1CCCC. The van der Waals surface area contributed by atoms with Crippen molar-refractivity contribution in [3.05, 3.63) is 28.3 Å². The molecule has 0 heterocycles. The van der Waals surface area contributed by atoms with Gasteiger partial charge in [0.05, 0.1) is 0 Å². The number of hydrogen-bond donors (Lipinski definition) is 1. The van der Waals surface area contributed by atoms with E-state index in [2.05, 4.69) is 39.5 Å². The molecule has 0 fully saturated rings. The van der Waals surface area contributed by atoms with Crippen molar-refractivity contribution in [1.29, 1.82) is 0 Å². The molecule has 21 heavy (non-hydrogen) atoms. The van der Waals surface area contributed by atoms with Gasteiger partial charge in [-0.05, 0) is 0 Å². The first-order valence-electron chi connectivity index (χ1n) is 8.68. The van der Waals surface area contributed by atoms with E-state index >= 15 is 0 Å². The van der Waals surface area contributed by atoms with Gasteiger partial charge in [0.25, 0.3) is 0 Å². The van der Waals surface area contributed by atoms with Gasteiger partial charge in [-0.1, -0.05) is 0 Å². The van der Waals surface area contributed by atoms with Gasteiger partial charge in [-0.15, -0.1) is 0 Å². The molecule has 1 rings (SSSR count). The second-order valence-electron chi connectivity index (χ2n) is 6.00. The summed E-state index contributed by atoms with van der Waals surface area (Å²) in [6.07, 6.45) is 11.6. The van der Waals surface area contributed by atoms with E-state index in [1.165, 1.54) is 63.4 Å². The molecule has 0 nitrogen and oxygen atoms in total. The first-order valence-corrected chi connectivity index (χ1v) is 10.7. The Morgan fingerprint density at radius 3 is 1.86 bits per heavy atom. The Labute approximate surface area is 151 Å². The van der Waals surface area contributed by atoms with Crippen LogP contribution in [0.25, 0.3) is 0 Å². The van der Waals surface area contributed by atoms with Gasteiger partial charge in [-0.25, -0.2) is 0 Å². The van der Waals surface area contributed by atoms with Crippen LogP contribution < -0.4 is 3.58 Å². The normalized spacial score (nSPS) is 11.1. The zero-order valence-electron chi connectivity index (χ0n) is 14.1. The maximum absolute atomic E-state index is 4.58. The van der Waals surface area contributed by atoms with Crippen molar-refractivity contribution in [2.45, 2.75) is 84.3 Å². The third kappa shape index (κ3) is 5.82. The van der Waals surface area contributed by atoms with Crippen LogP contribution in [0.15, 0.2) is 6.07 Å². The van der Waals surface area contributed by atoms with E-state index in [1.807, 2.05) is 0 Å². The molecular formula is C19H31SSn. The molecule has 1 aromatic carbocycles. The van der Waals surface area contributed by atoms with Gasteiger partial charge >= 0.3 is 151 Å². The molecule has 0 atom stereocenters. The summed E-state index contributed by atoms with van der Waals surface area (Å²) in [5.74, 6) is 0.896. The summed E-state index contributed by atoms with van der Waals surface area (Å²) in [6.45, 7) is 6.90. The Morgan fingerprint density at radius 2 is 1.33 bits per heavy atom. The van der Waals surface area contributed by atoms with E-state index in [4.69, 9.17) is 0 Å². The zero-order valence-corrected chi connectivity index (χ0v) is 17.8. The molecule has 0 amide bonds. The van der Waals surface area contributed by atoms with Gasteiger partial charge < -0.3 is 0 Å². The third-order valence-corrected chi connectivity index (χ3v) is 6.37. The average molecular weight is 410 g/mol. The fourth-order valence-electron chi connectivity index (χ4n) is 2.92. The molecule has 0 aliphatic heterocycles. The first-order chi connectivity index (χ1) is 10.2. The second kappa shape index (κ2) is 11.0. The van der Waals surface area contributed by atoms with Crippen molar-refractivity contribution in [3.8, 4) is 0 Å². The number of benzene rings is 1. The maximum atomic E-state index is 4.58. The summed E-state index contributed by atoms with van der Waals surface area (Å²) in [7, 11) is 0. The summed E-state index contributed by atoms with van der Waals surface area (Å²) in [5.41, 5.74) is 6.53. The molecule has 117 valence electrons. The van der Waals surface area contributed by atoms with Gasteiger partial charge in [0.15, 0.2) is 0 Å². The minimum absolute atomic E-state index is 0.896. The summed E-state index contributed by atoms with van der Waals surface area (Å²) in [5, 5.41) is 0. The van der Waals surface area contributed by atoms with Crippen LogP contribution >= 0.6 is 12.6 Å². The third-order valence-electron chi connectivity index (χ3n) is 4.25. The van der Waals surface area contributed by atoms with Crippen LogP contribution in [0.1, 0.15) is 81.5 Å². The topological polar surface area (TPSA) is 0 Å². The molecular weight excluding hydrogens is 379 g/mol. The van der Waals surface area contributed by atoms with Crippen molar-refractivity contribution >= 4 is 38.7 Å². The molecule has 0 N–H and O–H groups in total. The van der Waals surface area contributed by atoms with E-state index < -0.39 is 0 Å². The van der Waals surface area contributed by atoms with Crippen LogP contribution in [0.3, 0.4) is 0 Å². The number of hydrogen-bond acceptors (Lipinski definition) is 1. The number of unbranched alkanes of at least 4 members (excludes halogenated alkanes) is 3. The Kier molecular flexibility index (Phi) is 10.2. The molecule has 0 aliphatic rings. The summed E-state index contributed by atoms with van der Waals surface area (Å²) in [4.78, 5) is 0. The molecule has 2 heteroatoms. The Bertz CT molecular complexity index is 426. The van der Waals surface area contributed by atoms with Crippen LogP contribution in [0.2, 0.25) is 0 Å². The summed E-state index contributed by atoms with van der Waals surface area (Å²) < 4.78 is 1.61. The van der Waals surface area contributed by atoms with E-state index in [0.717, 1.165) is 5.75 Å². The predicted octanol–water partition coefficient (Wildman–Crippen LogP) is 4.94. The van der Waals surface area contributed by atoms with E-state index in [9.17, 15) is 0 Å². The zero-order chi connectivity index (χ0) is 15.7. The van der Waals surface area contributed by atoms with Crippen molar-refractivity contribution in [2.75, 3.05) is 0 Å². The summed E-state index contributed by atoms with van der Waals surface area (Å²) in [6, 6.07) is 2.48. The first kappa shape index (κ1) is 19.4. The van der Waals surface area contributed by atoms with Crippen LogP contribution in [0, 0.1) is 0 Å². The van der Waals surface area contributed by atoms with Gasteiger partial charge in [0.2, 0.25) is 0 Å². The summed E-state index contributed by atoms with van der Waals surface area (Å²) >= 11 is 6.15. The van der Waals surface area contributed by atoms with E-state index in [0.29, 0.717) is 0 Å². The fourth-order valence-corrected chi connectivity index (χ4v) is 4.84. The fraction of sp³-hybridized carbons (Fsp3) is 0.684. The van der Waals surface area contributed by atoms with Crippen LogP contribution in [-0.2, 0) is 25.0 Å². The standard InChI is InChI=1S/C19H31S.Sn/c1-4-7-10-17-13-16(15-20)14-18(11-8-5-2)19(17)12-9-6-3;/h13,20H,4-12,15H2,1-3H3;. The van der Waals surface area contributed by atoms with Crippen molar-refractivity contribution in [3.63, 3.8) is 0 Å². The number of thiol groups is 1. The van der Waals surface area contributed by atoms with Gasteiger partial charge in [-0.3, -0.25) is 0 Å². The Morgan fingerprint density at radius 1 is 0.810 bits per heavy atom. The molecule has 0 aromatic heterocycles. The number of rotatable bonds is 10. The average Bonchev–Trinajstić information content (AvgIpc) is 2.50. The van der Waals surface area contributed by atoms with E-state index in [-0.39, 0.29) is 0 Å². The van der Waals surface area contributed by atoms with Gasteiger partial charge in [0, 0.05) is 0 Å².